The van der Waals surface area contributed by atoms with Gasteiger partial charge in [0, 0.05) is 0 Å². The van der Waals surface area contributed by atoms with Crippen molar-refractivity contribution in [1.82, 2.24) is 5.32 Å². The number of nitrogens with two attached hydrogens (primary N) is 2. The van der Waals surface area contributed by atoms with Gasteiger partial charge in [-0.05, 0) is 25.5 Å². The minimum Gasteiger partial charge on any atom is -0.480 e. The van der Waals surface area contributed by atoms with Crippen LogP contribution >= 0.6 is 8.07 Å². The van der Waals surface area contributed by atoms with Gasteiger partial charge in [-0.15, -0.1) is 0 Å². The summed E-state index contributed by atoms with van der Waals surface area (Å²) >= 11 is 0. The van der Waals surface area contributed by atoms with Gasteiger partial charge >= 0.3 is 5.97 Å². The van der Waals surface area contributed by atoms with E-state index in [1.807, 2.05) is 0 Å². The largest absolute Gasteiger partial charge is 0.480 e. The van der Waals surface area contributed by atoms with Crippen LogP contribution in [0.4, 0.5) is 4.79 Å². The lowest BCUT2D eigenvalue weighted by atomic mass is 10.3. The maximum Gasteiger partial charge on any atom is 0.328 e. The van der Waals surface area contributed by atoms with E-state index in [0.717, 1.165) is 12.8 Å². The third kappa shape index (κ3) is 5.97. The van der Waals surface area contributed by atoms with Gasteiger partial charge in [-0.25, -0.2) is 4.79 Å². The van der Waals surface area contributed by atoms with Crippen LogP contribution in [0.1, 0.15) is 12.8 Å². The maximum atomic E-state index is 11.4. The number of aliphatic carboxylic acids is 1. The summed E-state index contributed by atoms with van der Waals surface area (Å²) in [5.41, 5.74) is 10.4. The summed E-state index contributed by atoms with van der Waals surface area (Å²) in [4.78, 5) is 21.9. The van der Waals surface area contributed by atoms with Crippen LogP contribution in [0.5, 0.6) is 0 Å². The summed E-state index contributed by atoms with van der Waals surface area (Å²) in [6.45, 7) is -0.105. The van der Waals surface area contributed by atoms with Gasteiger partial charge in [0.2, 0.25) is 0 Å². The number of nitrogens with one attached hydrogen (secondary N) is 1. The molecule has 0 rings (SSSR count). The molecule has 0 saturated heterocycles. The summed E-state index contributed by atoms with van der Waals surface area (Å²) < 4.78 is 0. The highest BCUT2D eigenvalue weighted by molar-refractivity contribution is 7.72. The van der Waals surface area contributed by atoms with E-state index in [4.69, 9.17) is 21.5 Å². The number of carbonyl (C=O) groups excluding carboxylic acids is 1. The Labute approximate surface area is 95.0 Å². The second-order valence-corrected chi connectivity index (χ2v) is 5.01. The van der Waals surface area contributed by atoms with Gasteiger partial charge < -0.3 is 26.8 Å². The Hall–Kier alpha value is -0.750. The molecule has 0 saturated carbocycles. The summed E-state index contributed by atoms with van der Waals surface area (Å²) in [7, 11) is -1.40. The number of carboxylic acid groups (broad SMARTS) is 1. The fourth-order valence-electron chi connectivity index (χ4n) is 0.945. The first-order chi connectivity index (χ1) is 7.52. The molecular formula is C8H18N3O4P. The molecule has 8 heteroatoms. The van der Waals surface area contributed by atoms with Gasteiger partial charge in [0.25, 0.3) is 5.65 Å². The van der Waals surface area contributed by atoms with Crippen molar-refractivity contribution in [2.24, 2.45) is 11.2 Å². The van der Waals surface area contributed by atoms with Gasteiger partial charge in [-0.1, -0.05) is 0 Å². The zero-order valence-electron chi connectivity index (χ0n) is 8.93. The van der Waals surface area contributed by atoms with Crippen molar-refractivity contribution in [3.8, 4) is 0 Å². The fourth-order valence-corrected chi connectivity index (χ4v) is 2.03. The lowest BCUT2D eigenvalue weighted by molar-refractivity contribution is -0.140. The molecule has 0 radical (unpaired) electrons. The van der Waals surface area contributed by atoms with Crippen LogP contribution in [-0.4, -0.2) is 47.2 Å². The Bertz CT molecular complexity index is 239. The molecule has 0 aliphatic heterocycles. The number of carbonyl (C=O) groups is 2. The zero-order valence-corrected chi connectivity index (χ0v) is 9.82. The van der Waals surface area contributed by atoms with Crippen LogP contribution in [0.15, 0.2) is 0 Å². The normalized spacial score (nSPS) is 14.2. The van der Waals surface area contributed by atoms with Gasteiger partial charge in [-0.3, -0.25) is 4.79 Å². The van der Waals surface area contributed by atoms with E-state index < -0.39 is 32.3 Å². The molecule has 7 nitrogen and oxygen atoms in total. The average Bonchev–Trinajstić information content (AvgIpc) is 2.25. The van der Waals surface area contributed by atoms with Crippen molar-refractivity contribution in [3.05, 3.63) is 0 Å². The fraction of sp³-hybridized carbons (Fsp3) is 0.750. The van der Waals surface area contributed by atoms with E-state index in [2.05, 4.69) is 5.32 Å². The Morgan fingerprint density at radius 3 is 2.44 bits per heavy atom. The van der Waals surface area contributed by atoms with E-state index in [9.17, 15) is 9.59 Å². The highest BCUT2D eigenvalue weighted by Gasteiger charge is 2.22. The zero-order chi connectivity index (χ0) is 12.6. The van der Waals surface area contributed by atoms with Crippen LogP contribution < -0.4 is 16.6 Å². The SMILES string of the molecule is NCCCCP(N)C(=O)N[C@@H](CO)C(=O)O. The summed E-state index contributed by atoms with van der Waals surface area (Å²) in [5, 5.41) is 19.5. The van der Waals surface area contributed by atoms with E-state index >= 15 is 0 Å². The van der Waals surface area contributed by atoms with Crippen molar-refractivity contribution < 1.29 is 19.8 Å². The Morgan fingerprint density at radius 2 is 2.00 bits per heavy atom. The molecule has 0 aromatic carbocycles. The molecule has 1 amide bonds. The predicted molar refractivity (Wildman–Crippen MR) is 61.3 cm³/mol. The number of unbranched alkanes of at least 4 members (excludes halogenated alkanes) is 1. The number of amides is 1. The van der Waals surface area contributed by atoms with E-state index in [1.54, 1.807) is 0 Å². The monoisotopic (exact) mass is 251 g/mol. The third-order valence-electron chi connectivity index (χ3n) is 1.89. The van der Waals surface area contributed by atoms with Gasteiger partial charge in [0.1, 0.15) is 0 Å². The smallest absolute Gasteiger partial charge is 0.328 e. The Balaban J connectivity index is 3.98. The minimum absolute atomic E-state index is 0.506. The lowest BCUT2D eigenvalue weighted by Gasteiger charge is -2.15. The van der Waals surface area contributed by atoms with E-state index in [-0.39, 0.29) is 0 Å². The molecule has 0 aliphatic carbocycles. The van der Waals surface area contributed by atoms with Crippen molar-refractivity contribution >= 4 is 19.7 Å². The molecule has 94 valence electrons. The number of hydrogen-bond donors (Lipinski definition) is 5. The van der Waals surface area contributed by atoms with Crippen LogP contribution in [-0.2, 0) is 4.79 Å². The van der Waals surface area contributed by atoms with E-state index in [0.29, 0.717) is 12.7 Å². The number of aliphatic hydroxyl groups excluding tert-OH is 1. The predicted octanol–water partition coefficient (Wildman–Crippen LogP) is -0.764. The molecular weight excluding hydrogens is 233 g/mol. The summed E-state index contributed by atoms with van der Waals surface area (Å²) in [6, 6.07) is -1.28. The quantitative estimate of drug-likeness (QED) is 0.284. The highest BCUT2D eigenvalue weighted by Crippen LogP contribution is 2.27. The Morgan fingerprint density at radius 1 is 1.38 bits per heavy atom. The molecule has 2 atom stereocenters. The second-order valence-electron chi connectivity index (χ2n) is 3.21. The van der Waals surface area contributed by atoms with Crippen molar-refractivity contribution in [1.29, 1.82) is 0 Å². The topological polar surface area (TPSA) is 139 Å². The van der Waals surface area contributed by atoms with E-state index in [1.165, 1.54) is 0 Å². The van der Waals surface area contributed by atoms with Crippen molar-refractivity contribution in [2.45, 2.75) is 18.9 Å². The number of aliphatic hydroxyl groups is 1. The minimum atomic E-state index is -1.40. The van der Waals surface area contributed by atoms with Gasteiger partial charge in [-0.2, -0.15) is 0 Å². The second kappa shape index (κ2) is 8.41. The molecule has 0 fully saturated rings. The van der Waals surface area contributed by atoms with Crippen LogP contribution in [0.3, 0.4) is 0 Å². The van der Waals surface area contributed by atoms with Crippen LogP contribution in [0.25, 0.3) is 0 Å². The lowest BCUT2D eigenvalue weighted by Crippen LogP contribution is -2.42. The van der Waals surface area contributed by atoms with Gasteiger partial charge in [0.05, 0.1) is 14.7 Å². The third-order valence-corrected chi connectivity index (χ3v) is 3.34. The van der Waals surface area contributed by atoms with Crippen molar-refractivity contribution in [3.63, 3.8) is 0 Å². The molecule has 0 bridgehead atoms. The molecule has 1 unspecified atom stereocenters. The molecule has 7 N–H and O–H groups in total. The first kappa shape index (κ1) is 15.2. The first-order valence-corrected chi connectivity index (χ1v) is 6.49. The molecule has 0 aromatic heterocycles. The van der Waals surface area contributed by atoms with Crippen LogP contribution in [0.2, 0.25) is 0 Å². The molecule has 0 heterocycles. The first-order valence-electron chi connectivity index (χ1n) is 4.89. The number of carboxylic acids is 1. The van der Waals surface area contributed by atoms with Gasteiger partial charge in [0.15, 0.2) is 6.04 Å². The highest BCUT2D eigenvalue weighted by atomic mass is 31.1. The molecule has 0 spiro atoms. The van der Waals surface area contributed by atoms with Crippen molar-refractivity contribution in [2.75, 3.05) is 19.3 Å². The average molecular weight is 251 g/mol. The molecule has 0 aromatic rings. The Kier molecular flexibility index (Phi) is 8.01. The number of rotatable bonds is 8. The molecule has 0 aliphatic rings. The number of hydrogen-bond acceptors (Lipinski definition) is 5. The summed E-state index contributed by atoms with van der Waals surface area (Å²) in [6.07, 6.45) is 2.03. The standard InChI is InChI=1S/C8H18N3O4P/c9-3-1-2-4-16(10)8(15)11-6(5-12)7(13)14/h6,12H,1-5,9-10H2,(H,11,15)(H,13,14)/t6-,16?/m0/s1. The van der Waals surface area contributed by atoms with Crippen LogP contribution in [0, 0.1) is 0 Å². The maximum absolute atomic E-state index is 11.4. The molecule has 16 heavy (non-hydrogen) atoms. The summed E-state index contributed by atoms with van der Waals surface area (Å²) in [5.74, 6) is -1.28.